The van der Waals surface area contributed by atoms with Gasteiger partial charge in [0.05, 0.1) is 0 Å². The van der Waals surface area contributed by atoms with E-state index in [1.54, 1.807) is 12.4 Å². The van der Waals surface area contributed by atoms with Crippen LogP contribution in [-0.4, -0.2) is 15.0 Å². The summed E-state index contributed by atoms with van der Waals surface area (Å²) in [6.45, 7) is 0. The fourth-order valence-electron chi connectivity index (χ4n) is 1.61. The highest BCUT2D eigenvalue weighted by atomic mass is 14.8. The van der Waals surface area contributed by atoms with Gasteiger partial charge in [0.25, 0.3) is 0 Å². The van der Waals surface area contributed by atoms with E-state index in [-0.39, 0.29) is 0 Å². The summed E-state index contributed by atoms with van der Waals surface area (Å²) in [4.78, 5) is 11.3. The van der Waals surface area contributed by atoms with Crippen molar-refractivity contribution < 1.29 is 0 Å². The van der Waals surface area contributed by atoms with Gasteiger partial charge in [0.2, 0.25) is 0 Å². The molecule has 0 aliphatic heterocycles. The van der Waals surface area contributed by atoms with Gasteiger partial charge in [-0.15, -0.1) is 0 Å². The average molecular weight is 194 g/mol. The predicted octanol–water partition coefficient (Wildman–Crippen LogP) is 2.43. The van der Waals surface area contributed by atoms with Crippen LogP contribution in [0.25, 0.3) is 22.2 Å². The average Bonchev–Trinajstić information content (AvgIpc) is 2.74. The fraction of sp³-hybridized carbons (Fsp3) is 0. The van der Waals surface area contributed by atoms with E-state index in [4.69, 9.17) is 0 Å². The van der Waals surface area contributed by atoms with Gasteiger partial charge in [0.1, 0.15) is 6.33 Å². The molecule has 15 heavy (non-hydrogen) atoms. The highest BCUT2D eigenvalue weighted by Crippen LogP contribution is 2.22. The molecule has 0 aliphatic rings. The molecule has 0 bridgehead atoms. The van der Waals surface area contributed by atoms with Crippen molar-refractivity contribution in [2.24, 2.45) is 0 Å². The maximum absolute atomic E-state index is 3.99. The summed E-state index contributed by atoms with van der Waals surface area (Å²) in [6.07, 6.45) is 5.11. The van der Waals surface area contributed by atoms with Crippen molar-refractivity contribution >= 4 is 10.9 Å². The van der Waals surface area contributed by atoms with E-state index < -0.39 is 0 Å². The maximum Gasteiger partial charge on any atom is 0.115 e. The number of nitrogens with one attached hydrogen (secondary N) is 1. The van der Waals surface area contributed by atoms with E-state index in [0.717, 1.165) is 22.2 Å². The van der Waals surface area contributed by atoms with Crippen LogP contribution in [-0.2, 0) is 0 Å². The molecule has 71 valence electrons. The quantitative estimate of drug-likeness (QED) is 0.646. The Kier molecular flexibility index (Phi) is 1.75. The first-order valence-electron chi connectivity index (χ1n) is 4.68. The molecule has 3 aromatic rings. The predicted molar refractivity (Wildman–Crippen MR) is 58.2 cm³/mol. The van der Waals surface area contributed by atoms with E-state index in [0.29, 0.717) is 0 Å². The number of benzene rings is 1. The molecule has 0 saturated carbocycles. The van der Waals surface area contributed by atoms with Crippen molar-refractivity contribution in [3.8, 4) is 11.3 Å². The Labute approximate surface area is 86.8 Å². The second-order valence-corrected chi connectivity index (χ2v) is 3.32. The summed E-state index contributed by atoms with van der Waals surface area (Å²) in [5.41, 5.74) is 3.13. The normalized spacial score (nSPS) is 10.7. The standard InChI is InChI=1S/C12H8N3/c1-2-4-11-9(3-1)5-12(15-11)10-6-13-8-14-7-10/h2-8,15H. The number of fused-ring (bicyclic) bond motifs is 1. The monoisotopic (exact) mass is 194 g/mol. The number of aromatic amines is 1. The Balaban J connectivity index is 2.21. The second-order valence-electron chi connectivity index (χ2n) is 3.32. The van der Waals surface area contributed by atoms with Crippen molar-refractivity contribution in [2.45, 2.75) is 0 Å². The molecule has 3 nitrogen and oxygen atoms in total. The van der Waals surface area contributed by atoms with Crippen molar-refractivity contribution in [3.63, 3.8) is 0 Å². The molecule has 1 radical (unpaired) electrons. The molecule has 0 aliphatic carbocycles. The first-order chi connectivity index (χ1) is 7.43. The molecule has 2 aromatic heterocycles. The van der Waals surface area contributed by atoms with Gasteiger partial charge in [0, 0.05) is 34.6 Å². The third-order valence-corrected chi connectivity index (χ3v) is 2.34. The largest absolute Gasteiger partial charge is 0.354 e. The lowest BCUT2D eigenvalue weighted by Gasteiger charge is -1.93. The molecule has 0 amide bonds. The summed E-state index contributed by atoms with van der Waals surface area (Å²) < 4.78 is 0. The number of aromatic nitrogens is 3. The summed E-state index contributed by atoms with van der Waals surface area (Å²) in [6, 6.07) is 11.0. The SMILES string of the molecule is [c]1ccc2[nH]c(-c3cncnc3)cc2c1. The Bertz CT molecular complexity index is 551. The van der Waals surface area contributed by atoms with Crippen LogP contribution in [0.2, 0.25) is 0 Å². The summed E-state index contributed by atoms with van der Waals surface area (Å²) >= 11 is 0. The number of rotatable bonds is 1. The van der Waals surface area contributed by atoms with E-state index in [1.807, 2.05) is 18.2 Å². The fourth-order valence-corrected chi connectivity index (χ4v) is 1.61. The zero-order valence-corrected chi connectivity index (χ0v) is 7.94. The highest BCUT2D eigenvalue weighted by Gasteiger charge is 2.02. The molecule has 0 saturated heterocycles. The Morgan fingerprint density at radius 2 is 2.07 bits per heavy atom. The van der Waals surface area contributed by atoms with Crippen LogP contribution < -0.4 is 0 Å². The van der Waals surface area contributed by atoms with Gasteiger partial charge >= 0.3 is 0 Å². The van der Waals surface area contributed by atoms with Gasteiger partial charge < -0.3 is 4.98 Å². The molecule has 0 fully saturated rings. The van der Waals surface area contributed by atoms with Gasteiger partial charge in [0.15, 0.2) is 0 Å². The topological polar surface area (TPSA) is 41.6 Å². The van der Waals surface area contributed by atoms with Gasteiger partial charge in [-0.25, -0.2) is 9.97 Å². The molecule has 1 aromatic carbocycles. The third-order valence-electron chi connectivity index (χ3n) is 2.34. The van der Waals surface area contributed by atoms with Crippen molar-refractivity contribution in [3.05, 3.63) is 49.1 Å². The molecule has 3 heteroatoms. The molecule has 3 rings (SSSR count). The summed E-state index contributed by atoms with van der Waals surface area (Å²) in [5.74, 6) is 0. The Hall–Kier alpha value is -2.16. The zero-order valence-electron chi connectivity index (χ0n) is 7.94. The summed E-state index contributed by atoms with van der Waals surface area (Å²) in [7, 11) is 0. The van der Waals surface area contributed by atoms with Crippen LogP contribution in [0.3, 0.4) is 0 Å². The zero-order chi connectivity index (χ0) is 10.1. The van der Waals surface area contributed by atoms with Crippen LogP contribution in [0, 0.1) is 6.07 Å². The second kappa shape index (κ2) is 3.20. The Morgan fingerprint density at radius 1 is 1.20 bits per heavy atom. The van der Waals surface area contributed by atoms with Gasteiger partial charge in [-0.3, -0.25) is 0 Å². The molecular formula is C12H8N3. The van der Waals surface area contributed by atoms with Gasteiger partial charge in [-0.2, -0.15) is 0 Å². The molecule has 2 heterocycles. The van der Waals surface area contributed by atoms with Crippen molar-refractivity contribution in [2.75, 3.05) is 0 Å². The number of nitrogens with zero attached hydrogens (tertiary/aromatic N) is 2. The first kappa shape index (κ1) is 8.17. The Morgan fingerprint density at radius 3 is 2.87 bits per heavy atom. The van der Waals surface area contributed by atoms with Crippen molar-refractivity contribution in [1.82, 2.24) is 15.0 Å². The maximum atomic E-state index is 3.99. The number of hydrogen-bond donors (Lipinski definition) is 1. The minimum Gasteiger partial charge on any atom is -0.354 e. The van der Waals surface area contributed by atoms with E-state index in [2.05, 4.69) is 27.1 Å². The first-order valence-corrected chi connectivity index (χ1v) is 4.68. The lowest BCUT2D eigenvalue weighted by Crippen LogP contribution is -1.80. The third kappa shape index (κ3) is 1.38. The van der Waals surface area contributed by atoms with Crippen LogP contribution in [0.5, 0.6) is 0 Å². The molecule has 0 unspecified atom stereocenters. The smallest absolute Gasteiger partial charge is 0.115 e. The number of H-pyrrole nitrogens is 1. The van der Waals surface area contributed by atoms with E-state index in [1.165, 1.54) is 6.33 Å². The minimum atomic E-state index is 0.994. The van der Waals surface area contributed by atoms with Crippen molar-refractivity contribution in [1.29, 1.82) is 0 Å². The lowest BCUT2D eigenvalue weighted by molar-refractivity contribution is 1.16. The molecule has 0 atom stereocenters. The van der Waals surface area contributed by atoms with Crippen LogP contribution >= 0.6 is 0 Å². The van der Waals surface area contributed by atoms with Crippen LogP contribution in [0.1, 0.15) is 0 Å². The van der Waals surface area contributed by atoms with Gasteiger partial charge in [-0.1, -0.05) is 6.07 Å². The molecular weight excluding hydrogens is 186 g/mol. The van der Waals surface area contributed by atoms with E-state index >= 15 is 0 Å². The lowest BCUT2D eigenvalue weighted by atomic mass is 10.2. The van der Waals surface area contributed by atoms with E-state index in [9.17, 15) is 0 Å². The highest BCUT2D eigenvalue weighted by molar-refractivity contribution is 5.85. The summed E-state index contributed by atoms with van der Waals surface area (Å²) in [5, 5.41) is 1.15. The van der Waals surface area contributed by atoms with Crippen LogP contribution in [0.15, 0.2) is 43.0 Å². The minimum absolute atomic E-state index is 0.994. The number of hydrogen-bond acceptors (Lipinski definition) is 2. The molecule has 1 N–H and O–H groups in total. The van der Waals surface area contributed by atoms with Gasteiger partial charge in [-0.05, 0) is 24.3 Å². The molecule has 0 spiro atoms. The van der Waals surface area contributed by atoms with Crippen LogP contribution in [0.4, 0.5) is 0 Å².